The van der Waals surface area contributed by atoms with Crippen molar-refractivity contribution in [1.29, 1.82) is 0 Å². The summed E-state index contributed by atoms with van der Waals surface area (Å²) >= 11 is 0. The quantitative estimate of drug-likeness (QED) is 0.844. The lowest BCUT2D eigenvalue weighted by atomic mass is 9.93. The zero-order valence-electron chi connectivity index (χ0n) is 10.3. The Bertz CT molecular complexity index is 401. The molecule has 1 aromatic rings. The van der Waals surface area contributed by atoms with Crippen molar-refractivity contribution in [1.82, 2.24) is 4.90 Å². The van der Waals surface area contributed by atoms with Crippen molar-refractivity contribution in [2.45, 2.75) is 19.4 Å². The SMILES string of the molecule is CCN1CCC(CN)C1c1cc(F)c(F)c(F)c1. The minimum atomic E-state index is -1.41. The molecule has 2 unspecified atom stereocenters. The van der Waals surface area contributed by atoms with Crippen LogP contribution in [-0.2, 0) is 0 Å². The van der Waals surface area contributed by atoms with Crippen molar-refractivity contribution in [3.05, 3.63) is 35.1 Å². The standard InChI is InChI=1S/C13H17F3N2/c1-2-18-4-3-8(7-17)13(18)9-5-10(14)12(16)11(15)6-9/h5-6,8,13H,2-4,7,17H2,1H3. The molecule has 5 heteroatoms. The van der Waals surface area contributed by atoms with Crippen LogP contribution >= 0.6 is 0 Å². The number of benzene rings is 1. The molecular weight excluding hydrogens is 241 g/mol. The molecule has 0 aromatic heterocycles. The van der Waals surface area contributed by atoms with E-state index in [-0.39, 0.29) is 12.0 Å². The summed E-state index contributed by atoms with van der Waals surface area (Å²) in [5.74, 6) is -3.52. The highest BCUT2D eigenvalue weighted by atomic mass is 19.2. The highest BCUT2D eigenvalue weighted by Crippen LogP contribution is 2.37. The second kappa shape index (κ2) is 5.28. The molecule has 100 valence electrons. The predicted molar refractivity (Wildman–Crippen MR) is 63.5 cm³/mol. The van der Waals surface area contributed by atoms with E-state index in [0.29, 0.717) is 12.1 Å². The van der Waals surface area contributed by atoms with E-state index in [1.165, 1.54) is 0 Å². The van der Waals surface area contributed by atoms with Crippen molar-refractivity contribution in [2.24, 2.45) is 11.7 Å². The lowest BCUT2D eigenvalue weighted by Crippen LogP contribution is -2.28. The summed E-state index contributed by atoms with van der Waals surface area (Å²) in [4.78, 5) is 2.11. The Kier molecular flexibility index (Phi) is 3.92. The fourth-order valence-electron chi connectivity index (χ4n) is 2.76. The molecule has 0 spiro atoms. The molecule has 0 aliphatic carbocycles. The fraction of sp³-hybridized carbons (Fsp3) is 0.538. The second-order valence-corrected chi connectivity index (χ2v) is 4.66. The summed E-state index contributed by atoms with van der Waals surface area (Å²) in [5.41, 5.74) is 6.17. The van der Waals surface area contributed by atoms with Gasteiger partial charge in [0.15, 0.2) is 17.5 Å². The van der Waals surface area contributed by atoms with Crippen LogP contribution in [-0.4, -0.2) is 24.5 Å². The maximum atomic E-state index is 13.3. The van der Waals surface area contributed by atoms with Crippen LogP contribution in [0.15, 0.2) is 12.1 Å². The van der Waals surface area contributed by atoms with Crippen LogP contribution in [0, 0.1) is 23.4 Å². The average molecular weight is 258 g/mol. The lowest BCUT2D eigenvalue weighted by molar-refractivity contribution is 0.240. The van der Waals surface area contributed by atoms with Gasteiger partial charge in [-0.2, -0.15) is 0 Å². The van der Waals surface area contributed by atoms with E-state index in [2.05, 4.69) is 4.90 Å². The molecule has 1 heterocycles. The number of nitrogens with zero attached hydrogens (tertiary/aromatic N) is 1. The van der Waals surface area contributed by atoms with Crippen LogP contribution in [0.5, 0.6) is 0 Å². The Labute approximate surface area is 105 Å². The highest BCUT2D eigenvalue weighted by molar-refractivity contribution is 5.24. The molecule has 1 saturated heterocycles. The maximum Gasteiger partial charge on any atom is 0.194 e. The van der Waals surface area contributed by atoms with Crippen LogP contribution < -0.4 is 5.73 Å². The normalized spacial score (nSPS) is 24.7. The van der Waals surface area contributed by atoms with Crippen LogP contribution in [0.1, 0.15) is 24.9 Å². The van der Waals surface area contributed by atoms with Crippen molar-refractivity contribution in [2.75, 3.05) is 19.6 Å². The number of halogens is 3. The first-order valence-corrected chi connectivity index (χ1v) is 6.17. The van der Waals surface area contributed by atoms with Gasteiger partial charge in [-0.25, -0.2) is 13.2 Å². The third kappa shape index (κ3) is 2.24. The van der Waals surface area contributed by atoms with Gasteiger partial charge in [0.2, 0.25) is 0 Å². The monoisotopic (exact) mass is 258 g/mol. The van der Waals surface area contributed by atoms with Crippen molar-refractivity contribution in [3.63, 3.8) is 0 Å². The molecule has 0 radical (unpaired) electrons. The Morgan fingerprint density at radius 1 is 1.28 bits per heavy atom. The first-order valence-electron chi connectivity index (χ1n) is 6.17. The first kappa shape index (κ1) is 13.4. The Hall–Kier alpha value is -1.07. The van der Waals surface area contributed by atoms with Crippen LogP contribution in [0.4, 0.5) is 13.2 Å². The summed E-state index contributed by atoms with van der Waals surface area (Å²) in [5, 5.41) is 0. The third-order valence-corrected chi connectivity index (χ3v) is 3.68. The number of nitrogens with two attached hydrogens (primary N) is 1. The number of hydrogen-bond donors (Lipinski definition) is 1. The highest BCUT2D eigenvalue weighted by Gasteiger charge is 2.34. The summed E-state index contributed by atoms with van der Waals surface area (Å²) in [6, 6.07) is 2.05. The topological polar surface area (TPSA) is 29.3 Å². The van der Waals surface area contributed by atoms with Gasteiger partial charge in [-0.05, 0) is 49.7 Å². The molecule has 1 aliphatic rings. The van der Waals surface area contributed by atoms with Crippen LogP contribution in [0.25, 0.3) is 0 Å². The molecule has 1 aliphatic heterocycles. The van der Waals surface area contributed by atoms with Gasteiger partial charge in [0.1, 0.15) is 0 Å². The first-order chi connectivity index (χ1) is 8.58. The van der Waals surface area contributed by atoms with Gasteiger partial charge in [0, 0.05) is 6.04 Å². The molecule has 0 saturated carbocycles. The molecule has 1 aromatic carbocycles. The molecule has 1 fully saturated rings. The molecule has 2 rings (SSSR count). The molecule has 18 heavy (non-hydrogen) atoms. The van der Waals surface area contributed by atoms with E-state index in [1.54, 1.807) is 0 Å². The summed E-state index contributed by atoms with van der Waals surface area (Å²) < 4.78 is 39.5. The van der Waals surface area contributed by atoms with Gasteiger partial charge in [0.05, 0.1) is 0 Å². The summed E-state index contributed by atoms with van der Waals surface area (Å²) in [6.45, 7) is 4.08. The predicted octanol–water partition coefficient (Wildman–Crippen LogP) is 2.45. The van der Waals surface area contributed by atoms with Crippen LogP contribution in [0.3, 0.4) is 0 Å². The van der Waals surface area contributed by atoms with Gasteiger partial charge in [-0.1, -0.05) is 6.92 Å². The largest absolute Gasteiger partial charge is 0.330 e. The van der Waals surface area contributed by atoms with E-state index < -0.39 is 17.5 Å². The van der Waals surface area contributed by atoms with Gasteiger partial charge < -0.3 is 5.73 Å². The number of hydrogen-bond acceptors (Lipinski definition) is 2. The Morgan fingerprint density at radius 2 is 1.89 bits per heavy atom. The Balaban J connectivity index is 2.39. The molecule has 2 atom stereocenters. The second-order valence-electron chi connectivity index (χ2n) is 4.66. The zero-order valence-corrected chi connectivity index (χ0v) is 10.3. The van der Waals surface area contributed by atoms with Crippen molar-refractivity contribution < 1.29 is 13.2 Å². The number of rotatable bonds is 3. The minimum absolute atomic E-state index is 0.121. The average Bonchev–Trinajstić information content (AvgIpc) is 2.78. The van der Waals surface area contributed by atoms with Gasteiger partial charge >= 0.3 is 0 Å². The van der Waals surface area contributed by atoms with E-state index in [9.17, 15) is 13.2 Å². The van der Waals surface area contributed by atoms with Gasteiger partial charge in [-0.15, -0.1) is 0 Å². The Morgan fingerprint density at radius 3 is 2.39 bits per heavy atom. The van der Waals surface area contributed by atoms with Crippen molar-refractivity contribution >= 4 is 0 Å². The molecule has 2 nitrogen and oxygen atoms in total. The van der Waals surface area contributed by atoms with E-state index in [4.69, 9.17) is 5.73 Å². The smallest absolute Gasteiger partial charge is 0.194 e. The van der Waals surface area contributed by atoms with E-state index in [1.807, 2.05) is 6.92 Å². The van der Waals surface area contributed by atoms with Crippen LogP contribution in [0.2, 0.25) is 0 Å². The number of likely N-dealkylation sites (tertiary alicyclic amines) is 1. The van der Waals surface area contributed by atoms with E-state index >= 15 is 0 Å². The zero-order chi connectivity index (χ0) is 13.3. The van der Waals surface area contributed by atoms with Gasteiger partial charge in [-0.3, -0.25) is 4.90 Å². The third-order valence-electron chi connectivity index (χ3n) is 3.68. The minimum Gasteiger partial charge on any atom is -0.330 e. The summed E-state index contributed by atoms with van der Waals surface area (Å²) in [7, 11) is 0. The molecular formula is C13H17F3N2. The fourth-order valence-corrected chi connectivity index (χ4v) is 2.76. The molecule has 0 bridgehead atoms. The molecule has 0 amide bonds. The molecule has 2 N–H and O–H groups in total. The summed E-state index contributed by atoms with van der Waals surface area (Å²) in [6.07, 6.45) is 0.898. The van der Waals surface area contributed by atoms with Crippen molar-refractivity contribution in [3.8, 4) is 0 Å². The maximum absolute atomic E-state index is 13.3. The van der Waals surface area contributed by atoms with E-state index in [0.717, 1.165) is 31.6 Å². The van der Waals surface area contributed by atoms with Gasteiger partial charge in [0.25, 0.3) is 0 Å². The lowest BCUT2D eigenvalue weighted by Gasteiger charge is -2.27.